The highest BCUT2D eigenvalue weighted by molar-refractivity contribution is 5.94. The fourth-order valence-electron chi connectivity index (χ4n) is 1.72. The van der Waals surface area contributed by atoms with Crippen LogP contribution in [0.25, 0.3) is 0 Å². The van der Waals surface area contributed by atoms with Crippen molar-refractivity contribution >= 4 is 11.6 Å². The minimum Gasteiger partial charge on any atom is -0.378 e. The number of hydrogen-bond acceptors (Lipinski definition) is 2. The number of terminal acetylenes is 1. The van der Waals surface area contributed by atoms with E-state index >= 15 is 0 Å². The van der Waals surface area contributed by atoms with Crippen molar-refractivity contribution in [2.75, 3.05) is 32.1 Å². The van der Waals surface area contributed by atoms with Gasteiger partial charge in [-0.15, -0.1) is 6.42 Å². The predicted octanol–water partition coefficient (Wildman–Crippen LogP) is 2.24. The van der Waals surface area contributed by atoms with E-state index in [1.807, 2.05) is 50.2 Å². The molecule has 0 fully saturated rings. The average Bonchev–Trinajstić information content (AvgIpc) is 2.38. The van der Waals surface area contributed by atoms with Gasteiger partial charge in [0.05, 0.1) is 6.54 Å². The summed E-state index contributed by atoms with van der Waals surface area (Å²) in [5, 5.41) is 0. The normalized spacial score (nSPS) is 9.67. The lowest BCUT2D eigenvalue weighted by atomic mass is 10.1. The van der Waals surface area contributed by atoms with E-state index in [2.05, 4.69) is 5.92 Å². The molecule has 0 unspecified atom stereocenters. The molecule has 1 amide bonds. The van der Waals surface area contributed by atoms with E-state index in [1.54, 1.807) is 4.90 Å². The largest absolute Gasteiger partial charge is 0.378 e. The van der Waals surface area contributed by atoms with Gasteiger partial charge in [-0.3, -0.25) is 4.79 Å². The molecule has 1 aromatic carbocycles. The maximum Gasteiger partial charge on any atom is 0.254 e. The lowest BCUT2D eigenvalue weighted by molar-refractivity contribution is 0.0777. The first kappa shape index (κ1) is 14.1. The van der Waals surface area contributed by atoms with Crippen LogP contribution in [0.2, 0.25) is 0 Å². The van der Waals surface area contributed by atoms with Crippen molar-refractivity contribution in [3.05, 3.63) is 29.8 Å². The van der Waals surface area contributed by atoms with Gasteiger partial charge in [0.25, 0.3) is 5.91 Å². The van der Waals surface area contributed by atoms with E-state index in [4.69, 9.17) is 6.42 Å². The van der Waals surface area contributed by atoms with Gasteiger partial charge in [0, 0.05) is 31.9 Å². The molecule has 0 aliphatic carbocycles. The maximum atomic E-state index is 12.2. The van der Waals surface area contributed by atoms with Gasteiger partial charge in [-0.1, -0.05) is 12.8 Å². The molecule has 0 heterocycles. The molecular weight excluding hydrogens is 224 g/mol. The molecule has 1 rings (SSSR count). The molecule has 0 spiro atoms. The molecule has 0 atom stereocenters. The summed E-state index contributed by atoms with van der Waals surface area (Å²) in [5.41, 5.74) is 1.76. The Morgan fingerprint density at radius 2 is 1.89 bits per heavy atom. The van der Waals surface area contributed by atoms with E-state index in [-0.39, 0.29) is 5.91 Å². The first-order valence-electron chi connectivity index (χ1n) is 6.10. The van der Waals surface area contributed by atoms with Gasteiger partial charge in [0.2, 0.25) is 0 Å². The summed E-state index contributed by atoms with van der Waals surface area (Å²) in [6, 6.07) is 7.56. The molecule has 18 heavy (non-hydrogen) atoms. The zero-order valence-corrected chi connectivity index (χ0v) is 11.3. The molecule has 0 aliphatic heterocycles. The van der Waals surface area contributed by atoms with Crippen LogP contribution in [0.3, 0.4) is 0 Å². The summed E-state index contributed by atoms with van der Waals surface area (Å²) in [5.74, 6) is 2.53. The number of nitrogens with zero attached hydrogens (tertiary/aromatic N) is 2. The lowest BCUT2D eigenvalue weighted by Crippen LogP contribution is -2.32. The summed E-state index contributed by atoms with van der Waals surface area (Å²) in [4.78, 5) is 15.9. The van der Waals surface area contributed by atoms with Crippen LogP contribution in [-0.4, -0.2) is 38.0 Å². The monoisotopic (exact) mass is 244 g/mol. The van der Waals surface area contributed by atoms with E-state index in [9.17, 15) is 4.79 Å². The Kier molecular flexibility index (Phi) is 5.26. The van der Waals surface area contributed by atoms with Crippen molar-refractivity contribution in [3.63, 3.8) is 0 Å². The Balaban J connectivity index is 2.85. The molecule has 96 valence electrons. The number of benzene rings is 1. The molecule has 0 bridgehead atoms. The average molecular weight is 244 g/mol. The Morgan fingerprint density at radius 3 is 2.33 bits per heavy atom. The van der Waals surface area contributed by atoms with Crippen LogP contribution < -0.4 is 4.90 Å². The van der Waals surface area contributed by atoms with Crippen molar-refractivity contribution < 1.29 is 4.79 Å². The Morgan fingerprint density at radius 1 is 1.28 bits per heavy atom. The van der Waals surface area contributed by atoms with Crippen molar-refractivity contribution in [2.24, 2.45) is 0 Å². The third-order valence-corrected chi connectivity index (χ3v) is 2.69. The Bertz CT molecular complexity index is 429. The van der Waals surface area contributed by atoms with Gasteiger partial charge in [0.1, 0.15) is 0 Å². The number of carbonyl (C=O) groups is 1. The number of amides is 1. The summed E-state index contributed by atoms with van der Waals surface area (Å²) < 4.78 is 0. The zero-order valence-electron chi connectivity index (χ0n) is 11.3. The number of rotatable bonds is 5. The number of carbonyl (C=O) groups excluding carboxylic acids is 1. The minimum atomic E-state index is 0.0000983. The van der Waals surface area contributed by atoms with Crippen LogP contribution in [0, 0.1) is 12.3 Å². The van der Waals surface area contributed by atoms with Gasteiger partial charge in [-0.2, -0.15) is 0 Å². The highest BCUT2D eigenvalue weighted by atomic mass is 16.2. The highest BCUT2D eigenvalue weighted by Crippen LogP contribution is 2.13. The third-order valence-electron chi connectivity index (χ3n) is 2.69. The smallest absolute Gasteiger partial charge is 0.254 e. The molecule has 3 nitrogen and oxygen atoms in total. The van der Waals surface area contributed by atoms with Gasteiger partial charge in [0.15, 0.2) is 0 Å². The second-order valence-electron chi connectivity index (χ2n) is 4.37. The molecular formula is C15H20N2O. The first-order chi connectivity index (χ1) is 8.60. The quantitative estimate of drug-likeness (QED) is 0.742. The molecule has 3 heteroatoms. The van der Waals surface area contributed by atoms with E-state index < -0.39 is 0 Å². The first-order valence-corrected chi connectivity index (χ1v) is 6.10. The molecule has 1 aromatic rings. The predicted molar refractivity (Wildman–Crippen MR) is 75.8 cm³/mol. The van der Waals surface area contributed by atoms with Crippen molar-refractivity contribution in [2.45, 2.75) is 13.3 Å². The molecule has 0 radical (unpaired) electrons. The fourth-order valence-corrected chi connectivity index (χ4v) is 1.72. The number of hydrogen-bond donors (Lipinski definition) is 0. The van der Waals surface area contributed by atoms with Crippen molar-refractivity contribution in [1.82, 2.24) is 4.90 Å². The number of anilines is 1. The van der Waals surface area contributed by atoms with Gasteiger partial charge < -0.3 is 9.80 Å². The van der Waals surface area contributed by atoms with Crippen LogP contribution in [-0.2, 0) is 0 Å². The van der Waals surface area contributed by atoms with Gasteiger partial charge in [-0.05, 0) is 30.7 Å². The van der Waals surface area contributed by atoms with E-state index in [0.29, 0.717) is 18.7 Å². The summed E-state index contributed by atoms with van der Waals surface area (Å²) in [7, 11) is 3.94. The SMILES string of the molecule is C#CCN(CCC)C(=O)c1ccc(N(C)C)cc1. The Hall–Kier alpha value is -1.95. The van der Waals surface area contributed by atoms with Crippen LogP contribution in [0.15, 0.2) is 24.3 Å². The fraction of sp³-hybridized carbons (Fsp3) is 0.400. The topological polar surface area (TPSA) is 23.6 Å². The van der Waals surface area contributed by atoms with Crippen LogP contribution in [0.4, 0.5) is 5.69 Å². The summed E-state index contributed by atoms with van der Waals surface area (Å²) in [6.45, 7) is 3.09. The van der Waals surface area contributed by atoms with Crippen LogP contribution in [0.1, 0.15) is 23.7 Å². The zero-order chi connectivity index (χ0) is 13.5. The maximum absolute atomic E-state index is 12.2. The van der Waals surface area contributed by atoms with Crippen LogP contribution >= 0.6 is 0 Å². The van der Waals surface area contributed by atoms with Crippen molar-refractivity contribution in [3.8, 4) is 12.3 Å². The molecule has 0 N–H and O–H groups in total. The molecule has 0 aromatic heterocycles. The van der Waals surface area contributed by atoms with Crippen molar-refractivity contribution in [1.29, 1.82) is 0 Å². The molecule has 0 saturated carbocycles. The molecule has 0 saturated heterocycles. The third kappa shape index (κ3) is 3.53. The second-order valence-corrected chi connectivity index (χ2v) is 4.37. The van der Waals surface area contributed by atoms with E-state index in [0.717, 1.165) is 12.1 Å². The van der Waals surface area contributed by atoms with Crippen LogP contribution in [0.5, 0.6) is 0 Å². The van der Waals surface area contributed by atoms with E-state index in [1.165, 1.54) is 0 Å². The molecule has 0 aliphatic rings. The highest BCUT2D eigenvalue weighted by Gasteiger charge is 2.13. The minimum absolute atomic E-state index is 0.0000983. The Labute approximate surface area is 109 Å². The summed E-state index contributed by atoms with van der Waals surface area (Å²) >= 11 is 0. The lowest BCUT2D eigenvalue weighted by Gasteiger charge is -2.20. The second kappa shape index (κ2) is 6.70. The summed E-state index contributed by atoms with van der Waals surface area (Å²) in [6.07, 6.45) is 6.19. The standard InChI is InChI=1S/C15H20N2O/c1-5-11-17(12-6-2)15(18)13-7-9-14(10-8-13)16(3)4/h1,7-10H,6,11-12H2,2-4H3. The van der Waals surface area contributed by atoms with Gasteiger partial charge >= 0.3 is 0 Å². The van der Waals surface area contributed by atoms with Gasteiger partial charge in [-0.25, -0.2) is 0 Å².